The van der Waals surface area contributed by atoms with Gasteiger partial charge in [0.25, 0.3) is 0 Å². The fraction of sp³-hybridized carbons (Fsp3) is 0.0238. The van der Waals surface area contributed by atoms with Crippen molar-refractivity contribution in [1.29, 1.82) is 0 Å². The lowest BCUT2D eigenvalue weighted by atomic mass is 9.83. The zero-order chi connectivity index (χ0) is 33.6. The zero-order valence-electron chi connectivity index (χ0n) is 25.3. The fourth-order valence-corrected chi connectivity index (χ4v) is 7.42. The molecule has 7 heteroatoms. The minimum absolute atomic E-state index is 0.236. The van der Waals surface area contributed by atoms with E-state index in [9.17, 15) is 26.3 Å². The second-order valence-electron chi connectivity index (χ2n) is 12.2. The standard InChI is InChI=1S/C42H21F6N/c43-34-19-25(20-35(44)41(34)45)26-14-9-22-11-16-32-33(17-12-23-10-15-31(26)38(22)39(23)32)40-29-7-3-1-5-27(29)37(28-6-2-4-8-30(28)40)24-13-18-36(49-21-24)42(46,47)48/h1-21H. The van der Waals surface area contributed by atoms with E-state index in [2.05, 4.69) is 23.2 Å². The first-order valence-corrected chi connectivity index (χ1v) is 15.5. The van der Waals surface area contributed by atoms with Crippen LogP contribution >= 0.6 is 0 Å². The summed E-state index contributed by atoms with van der Waals surface area (Å²) >= 11 is 0. The second-order valence-corrected chi connectivity index (χ2v) is 12.2. The number of aromatic nitrogens is 1. The van der Waals surface area contributed by atoms with Gasteiger partial charge in [-0.05, 0) is 99.9 Å². The number of rotatable bonds is 3. The van der Waals surface area contributed by atoms with Crippen LogP contribution in [0.15, 0.2) is 128 Å². The number of hydrogen-bond acceptors (Lipinski definition) is 1. The summed E-state index contributed by atoms with van der Waals surface area (Å²) in [5, 5.41) is 9.12. The molecule has 0 aliphatic carbocycles. The van der Waals surface area contributed by atoms with Gasteiger partial charge in [-0.15, -0.1) is 0 Å². The summed E-state index contributed by atoms with van der Waals surface area (Å²) in [7, 11) is 0. The van der Waals surface area contributed by atoms with Crippen LogP contribution in [0.4, 0.5) is 26.3 Å². The predicted octanol–water partition coefficient (Wildman–Crippen LogP) is 12.7. The van der Waals surface area contributed by atoms with Crippen molar-refractivity contribution in [1.82, 2.24) is 4.98 Å². The molecule has 236 valence electrons. The third-order valence-electron chi connectivity index (χ3n) is 9.50. The number of fused-ring (bicyclic) bond motifs is 2. The van der Waals surface area contributed by atoms with E-state index in [1.54, 1.807) is 6.07 Å². The van der Waals surface area contributed by atoms with Crippen LogP contribution in [0.2, 0.25) is 0 Å². The lowest BCUT2D eigenvalue weighted by molar-refractivity contribution is -0.141. The quantitative estimate of drug-likeness (QED) is 0.0800. The average molecular weight is 654 g/mol. The Kier molecular flexibility index (Phi) is 6.27. The Balaban J connectivity index is 1.35. The summed E-state index contributed by atoms with van der Waals surface area (Å²) in [4.78, 5) is 3.77. The van der Waals surface area contributed by atoms with Gasteiger partial charge in [0.05, 0.1) is 0 Å². The van der Waals surface area contributed by atoms with Crippen molar-refractivity contribution in [3.63, 3.8) is 0 Å². The summed E-state index contributed by atoms with van der Waals surface area (Å²) in [5.74, 6) is -4.01. The maximum absolute atomic E-state index is 14.4. The van der Waals surface area contributed by atoms with E-state index in [4.69, 9.17) is 0 Å². The Bertz CT molecular complexity index is 2700. The molecule has 0 saturated heterocycles. The smallest absolute Gasteiger partial charge is 0.251 e. The van der Waals surface area contributed by atoms with Gasteiger partial charge >= 0.3 is 6.18 Å². The number of benzene rings is 8. The molecule has 9 aromatic rings. The molecule has 0 saturated carbocycles. The maximum atomic E-state index is 14.4. The highest BCUT2D eigenvalue weighted by atomic mass is 19.4. The molecule has 9 rings (SSSR count). The molecule has 1 heterocycles. The lowest BCUT2D eigenvalue weighted by Gasteiger charge is -2.20. The number of pyridine rings is 1. The highest BCUT2D eigenvalue weighted by Crippen LogP contribution is 2.48. The predicted molar refractivity (Wildman–Crippen MR) is 184 cm³/mol. The summed E-state index contributed by atoms with van der Waals surface area (Å²) in [6, 6.07) is 36.0. The van der Waals surface area contributed by atoms with Crippen LogP contribution in [-0.4, -0.2) is 4.98 Å². The molecule has 49 heavy (non-hydrogen) atoms. The molecule has 0 spiro atoms. The summed E-state index contributed by atoms with van der Waals surface area (Å²) in [5.41, 5.74) is 3.15. The summed E-state index contributed by atoms with van der Waals surface area (Å²) in [6.07, 6.45) is -3.27. The van der Waals surface area contributed by atoms with Gasteiger partial charge in [0.1, 0.15) is 5.69 Å². The molecule has 0 fully saturated rings. The number of alkyl halides is 3. The molecule has 0 atom stereocenters. The SMILES string of the molecule is Fc1cc(-c2ccc3ccc4c(-c5c6ccccc6c(-c6ccc(C(F)(F)F)nc6)c6ccccc56)ccc5ccc2c3c54)cc(F)c1F. The van der Waals surface area contributed by atoms with Crippen molar-refractivity contribution in [2.45, 2.75) is 6.18 Å². The van der Waals surface area contributed by atoms with E-state index in [0.29, 0.717) is 11.1 Å². The van der Waals surface area contributed by atoms with Gasteiger partial charge < -0.3 is 0 Å². The minimum Gasteiger partial charge on any atom is -0.251 e. The highest BCUT2D eigenvalue weighted by Gasteiger charge is 2.32. The Morgan fingerprint density at radius 2 is 0.939 bits per heavy atom. The van der Waals surface area contributed by atoms with Gasteiger partial charge in [-0.3, -0.25) is 4.98 Å². The normalized spacial score (nSPS) is 12.3. The van der Waals surface area contributed by atoms with Crippen LogP contribution in [0.3, 0.4) is 0 Å². The second kappa shape index (κ2) is 10.5. The van der Waals surface area contributed by atoms with E-state index in [1.165, 1.54) is 12.3 Å². The summed E-state index contributed by atoms with van der Waals surface area (Å²) in [6.45, 7) is 0. The molecule has 1 nitrogen and oxygen atoms in total. The zero-order valence-corrected chi connectivity index (χ0v) is 25.3. The molecule has 0 amide bonds. The van der Waals surface area contributed by atoms with Gasteiger partial charge in [-0.1, -0.05) is 103 Å². The monoisotopic (exact) mass is 653 g/mol. The molecular weight excluding hydrogens is 632 g/mol. The van der Waals surface area contributed by atoms with Gasteiger partial charge in [0.15, 0.2) is 17.5 Å². The largest absolute Gasteiger partial charge is 0.433 e. The third-order valence-corrected chi connectivity index (χ3v) is 9.50. The van der Waals surface area contributed by atoms with Crippen molar-refractivity contribution < 1.29 is 26.3 Å². The van der Waals surface area contributed by atoms with Gasteiger partial charge in [0, 0.05) is 11.8 Å². The molecule has 8 aromatic carbocycles. The molecule has 1 aromatic heterocycles. The van der Waals surface area contributed by atoms with Crippen LogP contribution in [-0.2, 0) is 6.18 Å². The summed E-state index contributed by atoms with van der Waals surface area (Å²) < 4.78 is 82.8. The van der Waals surface area contributed by atoms with E-state index in [0.717, 1.165) is 88.8 Å². The van der Waals surface area contributed by atoms with Crippen molar-refractivity contribution in [2.75, 3.05) is 0 Å². The Morgan fingerprint density at radius 1 is 0.449 bits per heavy atom. The Hall–Kier alpha value is -5.95. The van der Waals surface area contributed by atoms with E-state index >= 15 is 0 Å². The van der Waals surface area contributed by atoms with Crippen molar-refractivity contribution in [3.8, 4) is 33.4 Å². The first kappa shape index (κ1) is 29.2. The maximum Gasteiger partial charge on any atom is 0.433 e. The molecular formula is C42H21F6N. The van der Waals surface area contributed by atoms with Crippen LogP contribution in [0.1, 0.15) is 5.69 Å². The average Bonchev–Trinajstić information content (AvgIpc) is 3.11. The first-order valence-electron chi connectivity index (χ1n) is 15.5. The Labute approximate surface area is 275 Å². The van der Waals surface area contributed by atoms with Gasteiger partial charge in [0.2, 0.25) is 0 Å². The third kappa shape index (κ3) is 4.38. The van der Waals surface area contributed by atoms with Crippen molar-refractivity contribution >= 4 is 53.9 Å². The molecule has 0 aliphatic rings. The molecule has 0 radical (unpaired) electrons. The first-order chi connectivity index (χ1) is 23.7. The van der Waals surface area contributed by atoms with Crippen molar-refractivity contribution in [3.05, 3.63) is 151 Å². The number of hydrogen-bond donors (Lipinski definition) is 0. The van der Waals surface area contributed by atoms with E-state index in [1.807, 2.05) is 72.8 Å². The number of halogens is 6. The van der Waals surface area contributed by atoms with Gasteiger partial charge in [-0.25, -0.2) is 13.2 Å². The molecule has 0 N–H and O–H groups in total. The molecule has 0 unspecified atom stereocenters. The minimum atomic E-state index is -4.55. The van der Waals surface area contributed by atoms with Crippen LogP contribution in [0.5, 0.6) is 0 Å². The van der Waals surface area contributed by atoms with E-state index in [-0.39, 0.29) is 5.56 Å². The van der Waals surface area contributed by atoms with Crippen LogP contribution in [0.25, 0.3) is 87.2 Å². The number of nitrogens with zero attached hydrogens (tertiary/aromatic N) is 1. The molecule has 0 aliphatic heterocycles. The molecule has 0 bridgehead atoms. The van der Waals surface area contributed by atoms with E-state index < -0.39 is 29.3 Å². The topological polar surface area (TPSA) is 12.9 Å². The fourth-order valence-electron chi connectivity index (χ4n) is 7.42. The Morgan fingerprint density at radius 3 is 1.45 bits per heavy atom. The van der Waals surface area contributed by atoms with Crippen LogP contribution < -0.4 is 0 Å². The highest BCUT2D eigenvalue weighted by molar-refractivity contribution is 6.30. The lowest BCUT2D eigenvalue weighted by Crippen LogP contribution is -2.07. The van der Waals surface area contributed by atoms with Crippen LogP contribution in [0, 0.1) is 17.5 Å². The van der Waals surface area contributed by atoms with Crippen molar-refractivity contribution in [2.24, 2.45) is 0 Å². The van der Waals surface area contributed by atoms with Gasteiger partial charge in [-0.2, -0.15) is 13.2 Å².